The SMILES string of the molecule is CC(c1ccccc1)N(C)C(=O)COC(=O)c1ccc(Cn2cncn2)cc1. The molecule has 7 nitrogen and oxygen atoms in total. The molecule has 0 N–H and O–H groups in total. The summed E-state index contributed by atoms with van der Waals surface area (Å²) in [6.07, 6.45) is 3.10. The van der Waals surface area contributed by atoms with Gasteiger partial charge in [-0.1, -0.05) is 42.5 Å². The zero-order valence-corrected chi connectivity index (χ0v) is 15.9. The summed E-state index contributed by atoms with van der Waals surface area (Å²) in [6, 6.07) is 16.6. The van der Waals surface area contributed by atoms with E-state index in [9.17, 15) is 9.59 Å². The number of rotatable bonds is 7. The molecule has 0 aliphatic rings. The van der Waals surface area contributed by atoms with Crippen molar-refractivity contribution in [2.45, 2.75) is 19.5 Å². The van der Waals surface area contributed by atoms with E-state index in [0.717, 1.165) is 11.1 Å². The summed E-state index contributed by atoms with van der Waals surface area (Å²) < 4.78 is 6.88. The van der Waals surface area contributed by atoms with Crippen LogP contribution in [-0.2, 0) is 16.1 Å². The number of benzene rings is 2. The van der Waals surface area contributed by atoms with E-state index >= 15 is 0 Å². The lowest BCUT2D eigenvalue weighted by molar-refractivity contribution is -0.135. The fourth-order valence-corrected chi connectivity index (χ4v) is 2.73. The van der Waals surface area contributed by atoms with E-state index in [4.69, 9.17) is 4.74 Å². The summed E-state index contributed by atoms with van der Waals surface area (Å²) in [5.74, 6) is -0.783. The van der Waals surface area contributed by atoms with Crippen LogP contribution < -0.4 is 0 Å². The maximum atomic E-state index is 12.4. The van der Waals surface area contributed by atoms with Crippen LogP contribution in [0.25, 0.3) is 0 Å². The van der Waals surface area contributed by atoms with Gasteiger partial charge < -0.3 is 9.64 Å². The molecular weight excluding hydrogens is 356 g/mol. The van der Waals surface area contributed by atoms with Crippen LogP contribution in [0.15, 0.2) is 67.3 Å². The van der Waals surface area contributed by atoms with Crippen molar-refractivity contribution in [1.82, 2.24) is 19.7 Å². The molecule has 0 fully saturated rings. The molecule has 1 unspecified atom stereocenters. The molecule has 1 amide bonds. The lowest BCUT2D eigenvalue weighted by atomic mass is 10.1. The van der Waals surface area contributed by atoms with E-state index in [1.54, 1.807) is 35.1 Å². The second-order valence-corrected chi connectivity index (χ2v) is 6.46. The number of nitrogens with zero attached hydrogens (tertiary/aromatic N) is 4. The number of aromatic nitrogens is 3. The van der Waals surface area contributed by atoms with Gasteiger partial charge >= 0.3 is 5.97 Å². The molecule has 144 valence electrons. The monoisotopic (exact) mass is 378 g/mol. The van der Waals surface area contributed by atoms with Crippen molar-refractivity contribution in [3.8, 4) is 0 Å². The van der Waals surface area contributed by atoms with Gasteiger partial charge in [-0.3, -0.25) is 4.79 Å². The topological polar surface area (TPSA) is 77.3 Å². The van der Waals surface area contributed by atoms with Gasteiger partial charge in [-0.25, -0.2) is 14.5 Å². The number of carbonyl (C=O) groups excluding carboxylic acids is 2. The highest BCUT2D eigenvalue weighted by Crippen LogP contribution is 2.18. The highest BCUT2D eigenvalue weighted by Gasteiger charge is 2.19. The van der Waals surface area contributed by atoms with E-state index < -0.39 is 5.97 Å². The number of ether oxygens (including phenoxy) is 1. The minimum Gasteiger partial charge on any atom is -0.452 e. The summed E-state index contributed by atoms with van der Waals surface area (Å²) in [6.45, 7) is 2.20. The number of carbonyl (C=O) groups is 2. The number of hydrogen-bond donors (Lipinski definition) is 0. The highest BCUT2D eigenvalue weighted by atomic mass is 16.5. The lowest BCUT2D eigenvalue weighted by Crippen LogP contribution is -2.33. The molecule has 3 rings (SSSR count). The van der Waals surface area contributed by atoms with Crippen LogP contribution in [0, 0.1) is 0 Å². The van der Waals surface area contributed by atoms with Crippen LogP contribution in [0.2, 0.25) is 0 Å². The number of amides is 1. The Morgan fingerprint density at radius 2 is 1.82 bits per heavy atom. The van der Waals surface area contributed by atoms with Crippen LogP contribution >= 0.6 is 0 Å². The lowest BCUT2D eigenvalue weighted by Gasteiger charge is -2.25. The third kappa shape index (κ3) is 4.82. The van der Waals surface area contributed by atoms with Crippen molar-refractivity contribution in [3.63, 3.8) is 0 Å². The minimum atomic E-state index is -0.526. The molecule has 1 aromatic heterocycles. The standard InChI is InChI=1S/C21H22N4O3/c1-16(18-6-4-3-5-7-18)24(2)20(26)13-28-21(27)19-10-8-17(9-11-19)12-25-15-22-14-23-25/h3-11,14-16H,12-13H2,1-2H3. The summed E-state index contributed by atoms with van der Waals surface area (Å²) in [4.78, 5) is 30.0. The Kier molecular flexibility index (Phi) is 6.16. The Labute approximate surface area is 163 Å². The third-order valence-electron chi connectivity index (χ3n) is 4.58. The molecule has 2 aromatic carbocycles. The molecule has 1 heterocycles. The minimum absolute atomic E-state index is 0.108. The van der Waals surface area contributed by atoms with E-state index in [1.807, 2.05) is 49.4 Å². The second-order valence-electron chi connectivity index (χ2n) is 6.46. The number of hydrogen-bond acceptors (Lipinski definition) is 5. The first-order chi connectivity index (χ1) is 13.5. The fourth-order valence-electron chi connectivity index (χ4n) is 2.73. The van der Waals surface area contributed by atoms with E-state index in [2.05, 4.69) is 10.1 Å². The van der Waals surface area contributed by atoms with Crippen molar-refractivity contribution in [1.29, 1.82) is 0 Å². The maximum Gasteiger partial charge on any atom is 0.338 e. The Balaban J connectivity index is 1.52. The first kappa shape index (κ1) is 19.3. The normalized spacial score (nSPS) is 11.6. The van der Waals surface area contributed by atoms with Gasteiger partial charge in [0, 0.05) is 7.05 Å². The zero-order valence-electron chi connectivity index (χ0n) is 15.9. The summed E-state index contributed by atoms with van der Waals surface area (Å²) in [7, 11) is 1.70. The van der Waals surface area contributed by atoms with E-state index in [-0.39, 0.29) is 18.6 Å². The summed E-state index contributed by atoms with van der Waals surface area (Å²) in [5.41, 5.74) is 2.40. The van der Waals surface area contributed by atoms with Gasteiger partial charge in [0.15, 0.2) is 6.61 Å². The van der Waals surface area contributed by atoms with Crippen LogP contribution in [0.4, 0.5) is 0 Å². The third-order valence-corrected chi connectivity index (χ3v) is 4.58. The molecule has 0 saturated heterocycles. The van der Waals surface area contributed by atoms with Gasteiger partial charge in [-0.2, -0.15) is 5.10 Å². The predicted molar refractivity (Wildman–Crippen MR) is 103 cm³/mol. The Bertz CT molecular complexity index is 909. The van der Waals surface area contributed by atoms with Gasteiger partial charge in [0.05, 0.1) is 18.2 Å². The molecule has 7 heteroatoms. The summed E-state index contributed by atoms with van der Waals surface area (Å²) in [5, 5.41) is 4.04. The van der Waals surface area contributed by atoms with Gasteiger partial charge in [0.2, 0.25) is 0 Å². The highest BCUT2D eigenvalue weighted by molar-refractivity contribution is 5.91. The zero-order chi connectivity index (χ0) is 19.9. The first-order valence-corrected chi connectivity index (χ1v) is 8.93. The van der Waals surface area contributed by atoms with Crippen LogP contribution in [0.5, 0.6) is 0 Å². The van der Waals surface area contributed by atoms with Crippen molar-refractivity contribution in [2.24, 2.45) is 0 Å². The van der Waals surface area contributed by atoms with Crippen LogP contribution in [0.1, 0.15) is 34.5 Å². The number of likely N-dealkylation sites (N-methyl/N-ethyl adjacent to an activating group) is 1. The maximum absolute atomic E-state index is 12.4. The molecule has 3 aromatic rings. The Morgan fingerprint density at radius 3 is 2.46 bits per heavy atom. The van der Waals surface area contributed by atoms with Crippen molar-refractivity contribution < 1.29 is 14.3 Å². The molecule has 0 radical (unpaired) electrons. The average molecular weight is 378 g/mol. The molecule has 1 atom stereocenters. The molecule has 0 saturated carbocycles. The van der Waals surface area contributed by atoms with Crippen molar-refractivity contribution >= 4 is 11.9 Å². The Hall–Kier alpha value is -3.48. The molecule has 28 heavy (non-hydrogen) atoms. The second kappa shape index (κ2) is 8.94. The summed E-state index contributed by atoms with van der Waals surface area (Å²) >= 11 is 0. The van der Waals surface area contributed by atoms with Crippen molar-refractivity contribution in [2.75, 3.05) is 13.7 Å². The largest absolute Gasteiger partial charge is 0.452 e. The van der Waals surface area contributed by atoms with Gasteiger partial charge in [-0.15, -0.1) is 0 Å². The van der Waals surface area contributed by atoms with Crippen molar-refractivity contribution in [3.05, 3.63) is 83.9 Å². The van der Waals surface area contributed by atoms with E-state index in [0.29, 0.717) is 12.1 Å². The predicted octanol–water partition coefficient (Wildman–Crippen LogP) is 2.70. The fraction of sp³-hybridized carbons (Fsp3) is 0.238. The smallest absolute Gasteiger partial charge is 0.338 e. The number of esters is 1. The molecule has 0 aliphatic carbocycles. The first-order valence-electron chi connectivity index (χ1n) is 8.93. The van der Waals surface area contributed by atoms with Gasteiger partial charge in [-0.05, 0) is 30.2 Å². The van der Waals surface area contributed by atoms with E-state index in [1.165, 1.54) is 6.33 Å². The van der Waals surface area contributed by atoms with Gasteiger partial charge in [0.25, 0.3) is 5.91 Å². The molecule has 0 bridgehead atoms. The molecule has 0 spiro atoms. The van der Waals surface area contributed by atoms with Crippen LogP contribution in [-0.4, -0.2) is 45.2 Å². The quantitative estimate of drug-likeness (QED) is 0.591. The Morgan fingerprint density at radius 1 is 1.11 bits per heavy atom. The van der Waals surface area contributed by atoms with Crippen LogP contribution in [0.3, 0.4) is 0 Å². The molecule has 0 aliphatic heterocycles. The average Bonchev–Trinajstić information content (AvgIpc) is 3.25. The van der Waals surface area contributed by atoms with Gasteiger partial charge in [0.1, 0.15) is 12.7 Å². The molecular formula is C21H22N4O3.